The number of hydrogen-bond acceptors (Lipinski definition) is 5. The summed E-state index contributed by atoms with van der Waals surface area (Å²) in [6.45, 7) is 4.87. The highest BCUT2D eigenvalue weighted by Gasteiger charge is 2.28. The summed E-state index contributed by atoms with van der Waals surface area (Å²) in [7, 11) is 1.58. The second kappa shape index (κ2) is 64.5. The van der Waals surface area contributed by atoms with Gasteiger partial charge in [-0.2, -0.15) is 0 Å². The largest absolute Gasteiger partial charge is 0.472 e. The molecule has 0 bridgehead atoms. The predicted molar refractivity (Wildman–Crippen MR) is 360 cm³/mol. The number of phosphoric acid groups is 1. The van der Waals surface area contributed by atoms with Crippen LogP contribution in [-0.2, 0) is 18.4 Å². The third-order valence-corrected chi connectivity index (χ3v) is 18.2. The molecule has 9 heteroatoms. The van der Waals surface area contributed by atoms with E-state index in [2.05, 4.69) is 31.3 Å². The summed E-state index contributed by atoms with van der Waals surface area (Å²) in [6, 6.07) is -0.862. The van der Waals surface area contributed by atoms with Crippen LogP contribution in [0.3, 0.4) is 0 Å². The molecular formula is C73H146N2O6P+. The van der Waals surface area contributed by atoms with Gasteiger partial charge in [-0.05, 0) is 32.1 Å². The molecule has 82 heavy (non-hydrogen) atoms. The number of carbonyl (C=O) groups is 1. The first-order valence-corrected chi connectivity index (χ1v) is 38.2. The zero-order chi connectivity index (χ0) is 59.8. The van der Waals surface area contributed by atoms with Crippen LogP contribution < -0.4 is 5.32 Å². The number of likely N-dealkylation sites (N-methyl/N-ethyl adjacent to an activating group) is 1. The van der Waals surface area contributed by atoms with E-state index in [0.717, 1.165) is 38.5 Å². The van der Waals surface area contributed by atoms with E-state index in [9.17, 15) is 19.4 Å². The molecule has 1 amide bonds. The minimum atomic E-state index is -4.36. The number of aliphatic hydroxyl groups is 1. The molecule has 0 saturated heterocycles. The summed E-state index contributed by atoms with van der Waals surface area (Å²) in [6.07, 6.45) is 85.0. The highest BCUT2D eigenvalue weighted by atomic mass is 31.2. The maximum Gasteiger partial charge on any atom is 0.472 e. The zero-order valence-electron chi connectivity index (χ0n) is 56.0. The third-order valence-electron chi connectivity index (χ3n) is 17.2. The maximum atomic E-state index is 13.1. The van der Waals surface area contributed by atoms with Crippen LogP contribution in [-0.4, -0.2) is 73.4 Å². The molecule has 488 valence electrons. The Bertz CT molecular complexity index is 1390. The van der Waals surface area contributed by atoms with Crippen molar-refractivity contribution < 1.29 is 32.9 Å². The lowest BCUT2D eigenvalue weighted by atomic mass is 10.0. The normalized spacial score (nSPS) is 13.7. The summed E-state index contributed by atoms with van der Waals surface area (Å²) in [4.78, 5) is 23.4. The SMILES string of the molecule is CCCCCCCCCCCCCCCCCCCCCCCCCCC/C=C/CC/C=C/C(O)C(COP(=O)(O)OCC[N+](C)(C)C)NC(=O)CCCCCCCCCCCCCCCCCCCCCCCCCCCCCCC. The molecule has 0 spiro atoms. The first-order chi connectivity index (χ1) is 40.0. The van der Waals surface area contributed by atoms with E-state index in [-0.39, 0.29) is 19.1 Å². The Balaban J connectivity index is 4.04. The van der Waals surface area contributed by atoms with Gasteiger partial charge in [-0.3, -0.25) is 13.8 Å². The van der Waals surface area contributed by atoms with Gasteiger partial charge in [0.25, 0.3) is 0 Å². The Morgan fingerprint density at radius 1 is 0.402 bits per heavy atom. The lowest BCUT2D eigenvalue weighted by Crippen LogP contribution is -2.45. The minimum Gasteiger partial charge on any atom is -0.387 e. The van der Waals surface area contributed by atoms with Crippen LogP contribution in [0.15, 0.2) is 24.3 Å². The summed E-state index contributed by atoms with van der Waals surface area (Å²) < 4.78 is 23.8. The fourth-order valence-electron chi connectivity index (χ4n) is 11.5. The summed E-state index contributed by atoms with van der Waals surface area (Å²) in [5.41, 5.74) is 0. The van der Waals surface area contributed by atoms with Crippen molar-refractivity contribution in [1.82, 2.24) is 5.32 Å². The standard InChI is InChI=1S/C73H145N2O6P/c1-6-8-10-12-14-16-18-20-22-24-26-28-30-32-34-36-37-39-40-42-44-46-48-50-52-54-56-58-60-62-64-66-72(76)71(70-81-82(78,79)80-69-68-75(3,4)5)74-73(77)67-65-63-61-59-57-55-53-51-49-47-45-43-41-38-35-33-31-29-27-25-23-21-19-17-15-13-11-9-7-2/h56,58,64,66,71-72,76H,6-55,57,59-63,65,67-70H2,1-5H3,(H-,74,77,78,79)/p+1/b58-56+,66-64+. The van der Waals surface area contributed by atoms with Gasteiger partial charge in [-0.1, -0.05) is 372 Å². The van der Waals surface area contributed by atoms with Crippen LogP contribution in [0.1, 0.15) is 386 Å². The zero-order valence-corrected chi connectivity index (χ0v) is 56.9. The molecule has 0 rings (SSSR count). The molecule has 0 aliphatic rings. The van der Waals surface area contributed by atoms with Gasteiger partial charge in [-0.25, -0.2) is 4.57 Å². The lowest BCUT2D eigenvalue weighted by molar-refractivity contribution is -0.870. The van der Waals surface area contributed by atoms with Crippen LogP contribution in [0.25, 0.3) is 0 Å². The Kier molecular flexibility index (Phi) is 63.7. The average Bonchev–Trinajstić information content (AvgIpc) is 3.47. The number of amides is 1. The number of carbonyl (C=O) groups excluding carboxylic acids is 1. The van der Waals surface area contributed by atoms with Gasteiger partial charge in [0.1, 0.15) is 13.2 Å². The maximum absolute atomic E-state index is 13.1. The summed E-state index contributed by atoms with van der Waals surface area (Å²) >= 11 is 0. The monoisotopic (exact) mass is 1180 g/mol. The molecule has 3 atom stereocenters. The van der Waals surface area contributed by atoms with Crippen molar-refractivity contribution in [3.05, 3.63) is 24.3 Å². The van der Waals surface area contributed by atoms with Gasteiger partial charge < -0.3 is 19.8 Å². The Labute approximate surface area is 513 Å². The number of phosphoric ester groups is 1. The first-order valence-electron chi connectivity index (χ1n) is 36.7. The number of nitrogens with one attached hydrogen (secondary N) is 1. The molecule has 0 saturated carbocycles. The molecule has 0 heterocycles. The summed E-state index contributed by atoms with van der Waals surface area (Å²) in [5.74, 6) is -0.177. The van der Waals surface area contributed by atoms with E-state index in [0.29, 0.717) is 17.4 Å². The smallest absolute Gasteiger partial charge is 0.387 e. The van der Waals surface area contributed by atoms with Crippen molar-refractivity contribution in [3.63, 3.8) is 0 Å². The van der Waals surface area contributed by atoms with Gasteiger partial charge in [0.15, 0.2) is 0 Å². The van der Waals surface area contributed by atoms with E-state index < -0.39 is 20.0 Å². The van der Waals surface area contributed by atoms with Crippen molar-refractivity contribution >= 4 is 13.7 Å². The molecule has 0 aromatic heterocycles. The Morgan fingerprint density at radius 2 is 0.671 bits per heavy atom. The van der Waals surface area contributed by atoms with Crippen molar-refractivity contribution in [1.29, 1.82) is 0 Å². The van der Waals surface area contributed by atoms with Crippen molar-refractivity contribution in [2.45, 2.75) is 398 Å². The molecule has 0 fully saturated rings. The first kappa shape index (κ1) is 81.0. The molecule has 0 aromatic rings. The topological polar surface area (TPSA) is 105 Å². The minimum absolute atomic E-state index is 0.0592. The van der Waals surface area contributed by atoms with E-state index >= 15 is 0 Å². The van der Waals surface area contributed by atoms with E-state index in [1.165, 1.54) is 327 Å². The average molecular weight is 1180 g/mol. The molecule has 0 aliphatic carbocycles. The molecular weight excluding hydrogens is 1030 g/mol. The van der Waals surface area contributed by atoms with Crippen LogP contribution in [0.4, 0.5) is 0 Å². The van der Waals surface area contributed by atoms with Gasteiger partial charge in [0.05, 0.1) is 39.9 Å². The highest BCUT2D eigenvalue weighted by molar-refractivity contribution is 7.47. The number of allylic oxidation sites excluding steroid dienone is 3. The second-order valence-corrected chi connectivity index (χ2v) is 28.1. The van der Waals surface area contributed by atoms with Gasteiger partial charge in [0.2, 0.25) is 5.91 Å². The van der Waals surface area contributed by atoms with Crippen LogP contribution in [0.2, 0.25) is 0 Å². The van der Waals surface area contributed by atoms with Crippen LogP contribution >= 0.6 is 7.82 Å². The molecule has 3 N–H and O–H groups in total. The van der Waals surface area contributed by atoms with Gasteiger partial charge in [0, 0.05) is 6.42 Å². The van der Waals surface area contributed by atoms with E-state index in [1.54, 1.807) is 6.08 Å². The highest BCUT2D eigenvalue weighted by Crippen LogP contribution is 2.43. The van der Waals surface area contributed by atoms with Crippen molar-refractivity contribution in [2.75, 3.05) is 40.9 Å². The van der Waals surface area contributed by atoms with E-state index in [4.69, 9.17) is 9.05 Å². The van der Waals surface area contributed by atoms with E-state index in [1.807, 2.05) is 27.2 Å². The lowest BCUT2D eigenvalue weighted by Gasteiger charge is -2.25. The number of aliphatic hydroxyl groups excluding tert-OH is 1. The quantitative estimate of drug-likeness (QED) is 0.0243. The number of unbranched alkanes of at least 4 members (excludes halogenated alkanes) is 54. The Morgan fingerprint density at radius 3 is 0.976 bits per heavy atom. The number of hydrogen-bond donors (Lipinski definition) is 3. The van der Waals surface area contributed by atoms with Crippen LogP contribution in [0, 0.1) is 0 Å². The third kappa shape index (κ3) is 66.5. The Hall–Kier alpha value is -1.02. The fourth-order valence-corrected chi connectivity index (χ4v) is 12.2. The molecule has 0 aromatic carbocycles. The fraction of sp³-hybridized carbons (Fsp3) is 0.932. The van der Waals surface area contributed by atoms with Gasteiger partial charge >= 0.3 is 7.82 Å². The molecule has 0 radical (unpaired) electrons. The second-order valence-electron chi connectivity index (χ2n) is 26.7. The number of nitrogens with zero attached hydrogens (tertiary/aromatic N) is 1. The number of quaternary nitrogens is 1. The molecule has 0 aliphatic heterocycles. The number of rotatable bonds is 69. The summed E-state index contributed by atoms with van der Waals surface area (Å²) in [5, 5.41) is 14.0. The van der Waals surface area contributed by atoms with Gasteiger partial charge in [-0.15, -0.1) is 0 Å². The van der Waals surface area contributed by atoms with Crippen LogP contribution in [0.5, 0.6) is 0 Å². The van der Waals surface area contributed by atoms with Crippen molar-refractivity contribution in [2.24, 2.45) is 0 Å². The van der Waals surface area contributed by atoms with Crippen molar-refractivity contribution in [3.8, 4) is 0 Å². The molecule has 3 unspecified atom stereocenters. The molecule has 8 nitrogen and oxygen atoms in total. The predicted octanol–water partition coefficient (Wildman–Crippen LogP) is 23.4.